The van der Waals surface area contributed by atoms with E-state index in [0.29, 0.717) is 6.54 Å². The van der Waals surface area contributed by atoms with Gasteiger partial charge in [-0.3, -0.25) is 0 Å². The van der Waals surface area contributed by atoms with Crippen molar-refractivity contribution in [1.29, 1.82) is 0 Å². The molecule has 0 saturated carbocycles. The van der Waals surface area contributed by atoms with Gasteiger partial charge in [-0.05, 0) is 54.8 Å². The van der Waals surface area contributed by atoms with Crippen molar-refractivity contribution in [2.24, 2.45) is 5.73 Å². The van der Waals surface area contributed by atoms with Crippen LogP contribution in [0.5, 0.6) is 0 Å². The van der Waals surface area contributed by atoms with Crippen LogP contribution in [0, 0.1) is 0 Å². The summed E-state index contributed by atoms with van der Waals surface area (Å²) in [6.07, 6.45) is 7.03. The Balaban J connectivity index is 1.80. The van der Waals surface area contributed by atoms with Gasteiger partial charge in [0.1, 0.15) is 0 Å². The zero-order valence-electron chi connectivity index (χ0n) is 15.9. The van der Waals surface area contributed by atoms with E-state index in [0.717, 1.165) is 31.6 Å². The zero-order chi connectivity index (χ0) is 18.4. The quantitative estimate of drug-likeness (QED) is 0.454. The maximum atomic E-state index is 6.06. The molecule has 2 aromatic carbocycles. The SMILES string of the molecule is CCCCCCNc1ccc2c(c1)N(CCCN)c1cc(N)ccc1C2. The van der Waals surface area contributed by atoms with E-state index in [1.165, 1.54) is 53.9 Å². The van der Waals surface area contributed by atoms with Gasteiger partial charge in [0.05, 0.1) is 0 Å². The van der Waals surface area contributed by atoms with Crippen LogP contribution in [0.2, 0.25) is 0 Å². The van der Waals surface area contributed by atoms with Crippen LogP contribution in [0.15, 0.2) is 36.4 Å². The van der Waals surface area contributed by atoms with Crippen molar-refractivity contribution >= 4 is 22.7 Å². The third-order valence-electron chi connectivity index (χ3n) is 5.10. The van der Waals surface area contributed by atoms with Gasteiger partial charge in [0.15, 0.2) is 0 Å². The van der Waals surface area contributed by atoms with Crippen LogP contribution in [0.25, 0.3) is 0 Å². The van der Waals surface area contributed by atoms with E-state index in [1.54, 1.807) is 0 Å². The second-order valence-corrected chi connectivity index (χ2v) is 7.19. The molecule has 1 aliphatic heterocycles. The molecule has 2 aromatic rings. The van der Waals surface area contributed by atoms with Gasteiger partial charge in [0, 0.05) is 42.3 Å². The summed E-state index contributed by atoms with van der Waals surface area (Å²) in [5.74, 6) is 0. The van der Waals surface area contributed by atoms with E-state index < -0.39 is 0 Å². The molecule has 0 fully saturated rings. The largest absolute Gasteiger partial charge is 0.399 e. The first kappa shape index (κ1) is 18.6. The predicted octanol–water partition coefficient (Wildman–Crippen LogP) is 4.65. The highest BCUT2D eigenvalue weighted by Crippen LogP contribution is 2.40. The Morgan fingerprint density at radius 2 is 1.73 bits per heavy atom. The van der Waals surface area contributed by atoms with E-state index in [-0.39, 0.29) is 0 Å². The van der Waals surface area contributed by atoms with E-state index in [2.05, 4.69) is 47.5 Å². The zero-order valence-corrected chi connectivity index (χ0v) is 15.9. The van der Waals surface area contributed by atoms with Crippen LogP contribution in [0.1, 0.15) is 50.2 Å². The Labute approximate surface area is 157 Å². The van der Waals surface area contributed by atoms with E-state index in [1.807, 2.05) is 6.07 Å². The number of hydrogen-bond acceptors (Lipinski definition) is 4. The Bertz CT molecular complexity index is 726. The van der Waals surface area contributed by atoms with E-state index >= 15 is 0 Å². The molecular formula is C22H32N4. The third kappa shape index (κ3) is 4.31. The molecule has 140 valence electrons. The molecule has 0 aromatic heterocycles. The number of unbranched alkanes of at least 4 members (excludes halogenated alkanes) is 3. The number of nitrogen functional groups attached to an aromatic ring is 1. The third-order valence-corrected chi connectivity index (χ3v) is 5.10. The summed E-state index contributed by atoms with van der Waals surface area (Å²) in [5.41, 5.74) is 19.1. The Kier molecular flexibility index (Phi) is 6.40. The monoisotopic (exact) mass is 352 g/mol. The number of nitrogens with two attached hydrogens (primary N) is 2. The van der Waals surface area contributed by atoms with Crippen molar-refractivity contribution < 1.29 is 0 Å². The van der Waals surface area contributed by atoms with Gasteiger partial charge in [-0.25, -0.2) is 0 Å². The maximum Gasteiger partial charge on any atom is 0.0467 e. The molecule has 0 aliphatic carbocycles. The van der Waals surface area contributed by atoms with Crippen LogP contribution in [-0.4, -0.2) is 19.6 Å². The molecule has 26 heavy (non-hydrogen) atoms. The first-order valence-electron chi connectivity index (χ1n) is 9.95. The van der Waals surface area contributed by atoms with Crippen molar-refractivity contribution in [2.75, 3.05) is 35.6 Å². The molecule has 4 heteroatoms. The minimum atomic E-state index is 0.693. The van der Waals surface area contributed by atoms with Crippen LogP contribution in [0.3, 0.4) is 0 Å². The number of fused-ring (bicyclic) bond motifs is 2. The highest BCUT2D eigenvalue weighted by atomic mass is 15.1. The fraction of sp³-hybridized carbons (Fsp3) is 0.455. The van der Waals surface area contributed by atoms with Crippen LogP contribution >= 0.6 is 0 Å². The van der Waals surface area contributed by atoms with Gasteiger partial charge < -0.3 is 21.7 Å². The summed E-state index contributed by atoms with van der Waals surface area (Å²) in [7, 11) is 0. The first-order valence-corrected chi connectivity index (χ1v) is 9.95. The lowest BCUT2D eigenvalue weighted by molar-refractivity contribution is 0.685. The molecule has 0 unspecified atom stereocenters. The fourth-order valence-electron chi connectivity index (χ4n) is 3.67. The van der Waals surface area contributed by atoms with Gasteiger partial charge in [-0.1, -0.05) is 38.3 Å². The van der Waals surface area contributed by atoms with E-state index in [4.69, 9.17) is 11.5 Å². The highest BCUT2D eigenvalue weighted by Gasteiger charge is 2.22. The van der Waals surface area contributed by atoms with Gasteiger partial charge in [0.2, 0.25) is 0 Å². The van der Waals surface area contributed by atoms with Crippen molar-refractivity contribution in [1.82, 2.24) is 0 Å². The number of anilines is 4. The van der Waals surface area contributed by atoms with Gasteiger partial charge in [-0.15, -0.1) is 0 Å². The molecule has 0 amide bonds. The lowest BCUT2D eigenvalue weighted by Crippen LogP contribution is -2.26. The number of benzene rings is 2. The molecule has 0 atom stereocenters. The summed E-state index contributed by atoms with van der Waals surface area (Å²) < 4.78 is 0. The van der Waals surface area contributed by atoms with Crippen molar-refractivity contribution in [3.8, 4) is 0 Å². The summed E-state index contributed by atoms with van der Waals surface area (Å²) >= 11 is 0. The van der Waals surface area contributed by atoms with Crippen molar-refractivity contribution in [2.45, 2.75) is 45.4 Å². The average Bonchev–Trinajstić information content (AvgIpc) is 2.65. The van der Waals surface area contributed by atoms with Gasteiger partial charge in [-0.2, -0.15) is 0 Å². The van der Waals surface area contributed by atoms with Crippen LogP contribution < -0.4 is 21.7 Å². The van der Waals surface area contributed by atoms with Crippen molar-refractivity contribution in [3.05, 3.63) is 47.5 Å². The number of hydrogen-bond donors (Lipinski definition) is 3. The smallest absolute Gasteiger partial charge is 0.0467 e. The van der Waals surface area contributed by atoms with Gasteiger partial charge in [0.25, 0.3) is 0 Å². The standard InChI is InChI=1S/C22H32N4/c1-2-3-4-5-12-25-20-10-8-18-14-17-7-9-19(24)15-21(17)26(13-6-11-23)22(18)16-20/h7-10,15-16,25H,2-6,11-14,23-24H2,1H3. The lowest BCUT2D eigenvalue weighted by Gasteiger charge is -2.34. The molecule has 3 rings (SSSR count). The molecule has 1 heterocycles. The molecule has 0 radical (unpaired) electrons. The summed E-state index contributed by atoms with van der Waals surface area (Å²) in [4.78, 5) is 2.39. The Morgan fingerprint density at radius 1 is 0.962 bits per heavy atom. The molecule has 4 nitrogen and oxygen atoms in total. The first-order chi connectivity index (χ1) is 12.7. The lowest BCUT2D eigenvalue weighted by atomic mass is 9.94. The van der Waals surface area contributed by atoms with E-state index in [9.17, 15) is 0 Å². The number of nitrogens with zero attached hydrogens (tertiary/aromatic N) is 1. The Hall–Kier alpha value is -2.20. The number of rotatable bonds is 9. The highest BCUT2D eigenvalue weighted by molar-refractivity contribution is 5.78. The molecular weight excluding hydrogens is 320 g/mol. The second-order valence-electron chi connectivity index (χ2n) is 7.19. The molecule has 5 N–H and O–H groups in total. The van der Waals surface area contributed by atoms with Crippen LogP contribution in [0.4, 0.5) is 22.7 Å². The maximum absolute atomic E-state index is 6.06. The average molecular weight is 353 g/mol. The number of nitrogens with one attached hydrogen (secondary N) is 1. The fourth-order valence-corrected chi connectivity index (χ4v) is 3.67. The molecule has 0 saturated heterocycles. The minimum absolute atomic E-state index is 0.693. The minimum Gasteiger partial charge on any atom is -0.399 e. The van der Waals surface area contributed by atoms with Crippen molar-refractivity contribution in [3.63, 3.8) is 0 Å². The Morgan fingerprint density at radius 3 is 2.50 bits per heavy atom. The molecule has 1 aliphatic rings. The van der Waals surface area contributed by atoms with Crippen LogP contribution in [-0.2, 0) is 6.42 Å². The summed E-state index contributed by atoms with van der Waals surface area (Å²) in [6, 6.07) is 13.0. The summed E-state index contributed by atoms with van der Waals surface area (Å²) in [6.45, 7) is 4.89. The second kappa shape index (κ2) is 8.95. The molecule has 0 spiro atoms. The topological polar surface area (TPSA) is 67.3 Å². The molecule has 0 bridgehead atoms. The summed E-state index contributed by atoms with van der Waals surface area (Å²) in [5, 5.41) is 3.59. The van der Waals surface area contributed by atoms with Gasteiger partial charge >= 0.3 is 0 Å². The predicted molar refractivity (Wildman–Crippen MR) is 113 cm³/mol. The normalized spacial score (nSPS) is 12.6.